The molecule has 0 radical (unpaired) electrons. The summed E-state index contributed by atoms with van der Waals surface area (Å²) in [5, 5.41) is 3.85. The third-order valence-corrected chi connectivity index (χ3v) is 5.40. The molecule has 2 aliphatic carbocycles. The molecule has 1 unspecified atom stereocenters. The first-order valence-corrected chi connectivity index (χ1v) is 8.04. The van der Waals surface area contributed by atoms with E-state index in [9.17, 15) is 0 Å². The number of nitrogens with one attached hydrogen (secondary N) is 1. The fraction of sp³-hybridized carbons (Fsp3) is 0.400. The molecule has 2 aromatic rings. The topological polar surface area (TPSA) is 12.0 Å². The summed E-state index contributed by atoms with van der Waals surface area (Å²) in [6.07, 6.45) is 2.43. The van der Waals surface area contributed by atoms with E-state index >= 15 is 0 Å². The van der Waals surface area contributed by atoms with Crippen LogP contribution in [0.15, 0.2) is 48.5 Å². The maximum Gasteiger partial charge on any atom is 0.0582 e. The van der Waals surface area contributed by atoms with Crippen molar-refractivity contribution in [1.29, 1.82) is 0 Å². The van der Waals surface area contributed by atoms with Crippen LogP contribution in [0.3, 0.4) is 0 Å². The molecule has 0 aromatic heterocycles. The molecule has 2 aromatic carbocycles. The van der Waals surface area contributed by atoms with Crippen LogP contribution >= 0.6 is 0 Å². The van der Waals surface area contributed by atoms with Crippen LogP contribution in [-0.4, -0.2) is 6.54 Å². The van der Waals surface area contributed by atoms with Crippen molar-refractivity contribution in [2.75, 3.05) is 6.54 Å². The Balaban J connectivity index is 1.65. The number of hydrogen-bond donors (Lipinski definition) is 1. The molecule has 0 amide bonds. The molecule has 108 valence electrons. The lowest BCUT2D eigenvalue weighted by atomic mass is 9.82. The Morgan fingerprint density at radius 3 is 2.00 bits per heavy atom. The first-order chi connectivity index (χ1) is 10.1. The van der Waals surface area contributed by atoms with Crippen molar-refractivity contribution in [3.05, 3.63) is 70.8 Å². The van der Waals surface area contributed by atoms with Crippen molar-refractivity contribution in [1.82, 2.24) is 5.32 Å². The highest BCUT2D eigenvalue weighted by molar-refractivity contribution is 5.48. The van der Waals surface area contributed by atoms with Crippen molar-refractivity contribution in [2.45, 2.75) is 32.7 Å². The van der Waals surface area contributed by atoms with Crippen LogP contribution in [0.1, 0.15) is 48.6 Å². The van der Waals surface area contributed by atoms with Gasteiger partial charge in [-0.1, -0.05) is 62.4 Å². The molecule has 0 heterocycles. The van der Waals surface area contributed by atoms with Gasteiger partial charge in [-0.15, -0.1) is 0 Å². The molecule has 1 heteroatoms. The zero-order valence-electron chi connectivity index (χ0n) is 12.9. The van der Waals surface area contributed by atoms with Crippen molar-refractivity contribution < 1.29 is 0 Å². The smallest absolute Gasteiger partial charge is 0.0582 e. The molecule has 0 bridgehead atoms. The minimum atomic E-state index is 0.363. The van der Waals surface area contributed by atoms with Crippen LogP contribution in [-0.2, 0) is 6.42 Å². The maximum atomic E-state index is 3.85. The zero-order chi connectivity index (χ0) is 14.4. The summed E-state index contributed by atoms with van der Waals surface area (Å²) in [7, 11) is 0. The molecule has 0 saturated heterocycles. The predicted molar refractivity (Wildman–Crippen MR) is 87.4 cm³/mol. The van der Waals surface area contributed by atoms with Crippen LogP contribution in [0.2, 0.25) is 0 Å². The van der Waals surface area contributed by atoms with Crippen LogP contribution in [0, 0.1) is 11.3 Å². The van der Waals surface area contributed by atoms with E-state index in [-0.39, 0.29) is 0 Å². The number of rotatable bonds is 3. The molecule has 0 spiro atoms. The van der Waals surface area contributed by atoms with Gasteiger partial charge < -0.3 is 5.32 Å². The van der Waals surface area contributed by atoms with Crippen molar-refractivity contribution in [3.63, 3.8) is 0 Å². The zero-order valence-corrected chi connectivity index (χ0v) is 12.9. The van der Waals surface area contributed by atoms with Crippen molar-refractivity contribution >= 4 is 0 Å². The lowest BCUT2D eigenvalue weighted by Gasteiger charge is -2.29. The second kappa shape index (κ2) is 4.71. The number of hydrogen-bond acceptors (Lipinski definition) is 1. The fourth-order valence-electron chi connectivity index (χ4n) is 3.73. The summed E-state index contributed by atoms with van der Waals surface area (Å²) in [5.41, 5.74) is 6.43. The average molecular weight is 277 g/mol. The van der Waals surface area contributed by atoms with E-state index in [1.54, 1.807) is 0 Å². The number of fused-ring (bicyclic) bond motifs is 2. The normalized spacial score (nSPS) is 22.5. The summed E-state index contributed by atoms with van der Waals surface area (Å²) >= 11 is 0. The van der Waals surface area contributed by atoms with E-state index in [1.165, 1.54) is 28.7 Å². The minimum absolute atomic E-state index is 0.363. The second-order valence-electron chi connectivity index (χ2n) is 7.31. The second-order valence-corrected chi connectivity index (χ2v) is 7.31. The maximum absolute atomic E-state index is 3.85. The summed E-state index contributed by atoms with van der Waals surface area (Å²) in [5.74, 6) is 0.832. The average Bonchev–Trinajstić information content (AvgIpc) is 3.10. The largest absolute Gasteiger partial charge is 0.306 e. The highest BCUT2D eigenvalue weighted by Crippen LogP contribution is 2.51. The molecule has 1 N–H and O–H groups in total. The lowest BCUT2D eigenvalue weighted by molar-refractivity contribution is 0.492. The van der Waals surface area contributed by atoms with Crippen LogP contribution in [0.4, 0.5) is 0 Å². The third-order valence-electron chi connectivity index (χ3n) is 5.40. The Hall–Kier alpha value is -1.60. The van der Waals surface area contributed by atoms with E-state index in [2.05, 4.69) is 67.7 Å². The molecule has 0 aliphatic heterocycles. The van der Waals surface area contributed by atoms with E-state index in [0.717, 1.165) is 18.9 Å². The van der Waals surface area contributed by atoms with Gasteiger partial charge in [0.1, 0.15) is 0 Å². The van der Waals surface area contributed by atoms with E-state index in [1.807, 2.05) is 0 Å². The first-order valence-electron chi connectivity index (χ1n) is 8.04. The summed E-state index contributed by atoms with van der Waals surface area (Å²) < 4.78 is 0. The van der Waals surface area contributed by atoms with E-state index in [4.69, 9.17) is 0 Å². The lowest BCUT2D eigenvalue weighted by Crippen LogP contribution is -2.29. The molecule has 1 nitrogen and oxygen atoms in total. The Labute approximate surface area is 127 Å². The molecule has 21 heavy (non-hydrogen) atoms. The number of benzene rings is 2. The Kier molecular flexibility index (Phi) is 2.93. The highest BCUT2D eigenvalue weighted by Gasteiger charge is 2.45. The van der Waals surface area contributed by atoms with Gasteiger partial charge in [0.2, 0.25) is 0 Å². The Bertz CT molecular complexity index is 626. The molecular weight excluding hydrogens is 254 g/mol. The summed E-state index contributed by atoms with van der Waals surface area (Å²) in [4.78, 5) is 0. The molecule has 4 rings (SSSR count). The summed E-state index contributed by atoms with van der Waals surface area (Å²) in [6.45, 7) is 5.88. The van der Waals surface area contributed by atoms with Gasteiger partial charge in [0.05, 0.1) is 6.04 Å². The predicted octanol–water partition coefficient (Wildman–Crippen LogP) is 4.32. The van der Waals surface area contributed by atoms with Gasteiger partial charge in [0.15, 0.2) is 0 Å². The van der Waals surface area contributed by atoms with Gasteiger partial charge >= 0.3 is 0 Å². The standard InChI is InChI=1S/C20H23N/c1-20(2)12-16(20)13-21-19-17-9-5-3-7-14(17)11-15-8-4-6-10-18(15)19/h3-10,16,19,21H,11-13H2,1-2H3. The molecular formula is C20H23N. The van der Waals surface area contributed by atoms with Crippen molar-refractivity contribution in [2.24, 2.45) is 11.3 Å². The minimum Gasteiger partial charge on any atom is -0.306 e. The molecule has 2 aliphatic rings. The van der Waals surface area contributed by atoms with Crippen LogP contribution < -0.4 is 5.32 Å². The van der Waals surface area contributed by atoms with Gasteiger partial charge in [-0.05, 0) is 53.0 Å². The quantitative estimate of drug-likeness (QED) is 0.881. The third kappa shape index (κ3) is 2.30. The van der Waals surface area contributed by atoms with E-state index in [0.29, 0.717) is 11.5 Å². The highest BCUT2D eigenvalue weighted by atomic mass is 14.9. The van der Waals surface area contributed by atoms with Crippen LogP contribution in [0.5, 0.6) is 0 Å². The Morgan fingerprint density at radius 2 is 1.48 bits per heavy atom. The van der Waals surface area contributed by atoms with E-state index < -0.39 is 0 Å². The fourth-order valence-corrected chi connectivity index (χ4v) is 3.73. The first kappa shape index (κ1) is 13.1. The van der Waals surface area contributed by atoms with Gasteiger partial charge in [-0.2, -0.15) is 0 Å². The van der Waals surface area contributed by atoms with Gasteiger partial charge in [-0.3, -0.25) is 0 Å². The monoisotopic (exact) mass is 277 g/mol. The van der Waals surface area contributed by atoms with Gasteiger partial charge in [-0.25, -0.2) is 0 Å². The van der Waals surface area contributed by atoms with Crippen molar-refractivity contribution in [3.8, 4) is 0 Å². The Morgan fingerprint density at radius 1 is 0.952 bits per heavy atom. The molecule has 1 atom stereocenters. The van der Waals surface area contributed by atoms with Gasteiger partial charge in [0, 0.05) is 0 Å². The molecule has 1 saturated carbocycles. The summed E-state index contributed by atoms with van der Waals surface area (Å²) in [6, 6.07) is 18.2. The van der Waals surface area contributed by atoms with Gasteiger partial charge in [0.25, 0.3) is 0 Å². The van der Waals surface area contributed by atoms with Crippen LogP contribution in [0.25, 0.3) is 0 Å². The SMILES string of the molecule is CC1(C)CC1CNC1c2ccccc2Cc2ccccc21. The molecule has 1 fully saturated rings.